The molecule has 0 bridgehead atoms. The number of nitrogens with zero attached hydrogens (tertiary/aromatic N) is 1. The lowest BCUT2D eigenvalue weighted by Crippen LogP contribution is -2.45. The van der Waals surface area contributed by atoms with Gasteiger partial charge >= 0.3 is 0 Å². The molecule has 0 fully saturated rings. The van der Waals surface area contributed by atoms with Crippen LogP contribution in [0.5, 0.6) is 5.75 Å². The average Bonchev–Trinajstić information content (AvgIpc) is 2.88. The molecule has 2 amide bonds. The van der Waals surface area contributed by atoms with Crippen LogP contribution in [0.3, 0.4) is 0 Å². The van der Waals surface area contributed by atoms with Crippen LogP contribution in [-0.4, -0.2) is 43.1 Å². The first-order valence-corrected chi connectivity index (χ1v) is 11.6. The molecule has 0 unspecified atom stereocenters. The van der Waals surface area contributed by atoms with Crippen molar-refractivity contribution in [1.29, 1.82) is 0 Å². The second-order valence-corrected chi connectivity index (χ2v) is 7.76. The topological polar surface area (TPSA) is 67.9 Å². The van der Waals surface area contributed by atoms with Gasteiger partial charge in [0.15, 0.2) is 6.61 Å². The van der Waals surface area contributed by atoms with E-state index in [0.717, 1.165) is 11.1 Å². The van der Waals surface area contributed by atoms with Crippen LogP contribution in [0.4, 0.5) is 0 Å². The zero-order valence-electron chi connectivity index (χ0n) is 19.6. The lowest BCUT2D eigenvalue weighted by molar-refractivity contribution is -0.143. The Morgan fingerprint density at radius 1 is 0.882 bits per heavy atom. The normalized spacial score (nSPS) is 11.4. The van der Waals surface area contributed by atoms with Crippen LogP contribution < -0.4 is 10.1 Å². The van der Waals surface area contributed by atoms with Gasteiger partial charge in [0, 0.05) is 26.3 Å². The fraction of sp³-hybridized carbons (Fsp3) is 0.286. The third-order valence-electron chi connectivity index (χ3n) is 5.27. The summed E-state index contributed by atoms with van der Waals surface area (Å²) in [5, 5.41) is 2.98. The third kappa shape index (κ3) is 7.74. The molecule has 3 rings (SSSR count). The van der Waals surface area contributed by atoms with E-state index < -0.39 is 6.04 Å². The molecule has 0 aromatic heterocycles. The van der Waals surface area contributed by atoms with E-state index in [-0.39, 0.29) is 25.0 Å². The number of carbonyl (C=O) groups is 2. The smallest absolute Gasteiger partial charge is 0.261 e. The highest BCUT2D eigenvalue weighted by atomic mass is 16.5. The van der Waals surface area contributed by atoms with E-state index in [1.807, 2.05) is 85.8 Å². The van der Waals surface area contributed by atoms with E-state index in [1.165, 1.54) is 0 Å². The van der Waals surface area contributed by atoms with Gasteiger partial charge in [0.2, 0.25) is 5.91 Å². The molecule has 0 radical (unpaired) electrons. The fourth-order valence-corrected chi connectivity index (χ4v) is 3.58. The van der Waals surface area contributed by atoms with Crippen LogP contribution in [0.1, 0.15) is 30.5 Å². The first-order chi connectivity index (χ1) is 16.7. The Hall–Kier alpha value is -3.64. The SMILES string of the molecule is CCOCCCNC(=O)[C@H](c1ccccc1)N(Cc1ccccc1)C(=O)COc1ccccc1. The summed E-state index contributed by atoms with van der Waals surface area (Å²) in [5.74, 6) is 0.102. The molecule has 0 saturated heterocycles. The molecule has 0 heterocycles. The van der Waals surface area contributed by atoms with Crippen LogP contribution in [0.15, 0.2) is 91.0 Å². The van der Waals surface area contributed by atoms with Crippen molar-refractivity contribution in [3.63, 3.8) is 0 Å². The van der Waals surface area contributed by atoms with Gasteiger partial charge in [-0.2, -0.15) is 0 Å². The molecular weight excluding hydrogens is 428 g/mol. The molecule has 0 saturated carbocycles. The summed E-state index contributed by atoms with van der Waals surface area (Å²) in [6.45, 7) is 3.73. The van der Waals surface area contributed by atoms with E-state index >= 15 is 0 Å². The predicted molar refractivity (Wildman–Crippen MR) is 132 cm³/mol. The Balaban J connectivity index is 1.83. The standard InChI is InChI=1S/C28H32N2O4/c1-2-33-20-12-19-29-28(32)27(24-15-8-4-9-16-24)30(21-23-13-6-3-7-14-23)26(31)22-34-25-17-10-5-11-18-25/h3-11,13-18,27H,2,12,19-22H2,1H3,(H,29,32)/t27-/m0/s1. The zero-order chi connectivity index (χ0) is 24.0. The van der Waals surface area contributed by atoms with Crippen molar-refractivity contribution in [1.82, 2.24) is 10.2 Å². The first-order valence-electron chi connectivity index (χ1n) is 11.6. The quantitative estimate of drug-likeness (QED) is 0.385. The Labute approximate surface area is 201 Å². The van der Waals surface area contributed by atoms with E-state index in [1.54, 1.807) is 17.0 Å². The van der Waals surface area contributed by atoms with Crippen molar-refractivity contribution < 1.29 is 19.1 Å². The molecule has 0 aliphatic rings. The molecule has 1 atom stereocenters. The van der Waals surface area contributed by atoms with Gasteiger partial charge in [0.1, 0.15) is 11.8 Å². The van der Waals surface area contributed by atoms with Crippen LogP contribution >= 0.6 is 0 Å². The second kappa shape index (κ2) is 13.8. The maximum absolute atomic E-state index is 13.5. The minimum atomic E-state index is -0.791. The van der Waals surface area contributed by atoms with Crippen molar-refractivity contribution in [3.8, 4) is 5.75 Å². The van der Waals surface area contributed by atoms with Gasteiger partial charge in [-0.25, -0.2) is 0 Å². The van der Waals surface area contributed by atoms with Crippen molar-refractivity contribution in [2.24, 2.45) is 0 Å². The summed E-state index contributed by atoms with van der Waals surface area (Å²) in [4.78, 5) is 28.4. The molecule has 0 spiro atoms. The fourth-order valence-electron chi connectivity index (χ4n) is 3.58. The number of carbonyl (C=O) groups excluding carboxylic acids is 2. The van der Waals surface area contributed by atoms with Crippen LogP contribution in [0, 0.1) is 0 Å². The van der Waals surface area contributed by atoms with Crippen molar-refractivity contribution in [3.05, 3.63) is 102 Å². The first kappa shape index (κ1) is 25.0. The average molecular weight is 461 g/mol. The number of para-hydroxylation sites is 1. The summed E-state index contributed by atoms with van der Waals surface area (Å²) in [6, 6.07) is 27.4. The molecule has 6 heteroatoms. The number of amides is 2. The summed E-state index contributed by atoms with van der Waals surface area (Å²) < 4.78 is 11.1. The Kier molecular flexibility index (Phi) is 10.1. The lowest BCUT2D eigenvalue weighted by atomic mass is 10.0. The number of ether oxygens (including phenoxy) is 2. The van der Waals surface area contributed by atoms with Crippen molar-refractivity contribution in [2.45, 2.75) is 25.9 Å². The van der Waals surface area contributed by atoms with Crippen molar-refractivity contribution in [2.75, 3.05) is 26.4 Å². The maximum Gasteiger partial charge on any atom is 0.261 e. The number of rotatable bonds is 13. The molecule has 0 aliphatic carbocycles. The minimum absolute atomic E-state index is 0.169. The highest BCUT2D eigenvalue weighted by Crippen LogP contribution is 2.24. The van der Waals surface area contributed by atoms with Gasteiger partial charge in [0.05, 0.1) is 0 Å². The Bertz CT molecular complexity index is 997. The number of nitrogens with one attached hydrogen (secondary N) is 1. The monoisotopic (exact) mass is 460 g/mol. The van der Waals surface area contributed by atoms with Gasteiger partial charge in [-0.1, -0.05) is 78.9 Å². The largest absolute Gasteiger partial charge is 0.484 e. The summed E-state index contributed by atoms with van der Waals surface area (Å²) in [5.41, 5.74) is 1.68. The van der Waals surface area contributed by atoms with Gasteiger partial charge < -0.3 is 19.7 Å². The molecule has 178 valence electrons. The molecule has 0 aliphatic heterocycles. The van der Waals surface area contributed by atoms with E-state index in [9.17, 15) is 9.59 Å². The number of hydrogen-bond donors (Lipinski definition) is 1. The maximum atomic E-state index is 13.5. The van der Waals surface area contributed by atoms with Crippen molar-refractivity contribution >= 4 is 11.8 Å². The summed E-state index contributed by atoms with van der Waals surface area (Å²) in [6.07, 6.45) is 0.699. The van der Waals surface area contributed by atoms with Gasteiger partial charge in [0.25, 0.3) is 5.91 Å². The highest BCUT2D eigenvalue weighted by molar-refractivity contribution is 5.89. The number of hydrogen-bond acceptors (Lipinski definition) is 4. The van der Waals surface area contributed by atoms with Gasteiger partial charge in [-0.05, 0) is 36.6 Å². The van der Waals surface area contributed by atoms with Gasteiger partial charge in [-0.15, -0.1) is 0 Å². The summed E-state index contributed by atoms with van der Waals surface area (Å²) >= 11 is 0. The minimum Gasteiger partial charge on any atom is -0.484 e. The van der Waals surface area contributed by atoms with Gasteiger partial charge in [-0.3, -0.25) is 9.59 Å². The summed E-state index contributed by atoms with van der Waals surface area (Å²) in [7, 11) is 0. The molecule has 6 nitrogen and oxygen atoms in total. The molecule has 34 heavy (non-hydrogen) atoms. The molecule has 3 aromatic carbocycles. The van der Waals surface area contributed by atoms with E-state index in [0.29, 0.717) is 31.9 Å². The van der Waals surface area contributed by atoms with Crippen LogP contribution in [0.25, 0.3) is 0 Å². The van der Waals surface area contributed by atoms with E-state index in [2.05, 4.69) is 5.32 Å². The highest BCUT2D eigenvalue weighted by Gasteiger charge is 2.31. The molecule has 1 N–H and O–H groups in total. The zero-order valence-corrected chi connectivity index (χ0v) is 19.6. The third-order valence-corrected chi connectivity index (χ3v) is 5.27. The lowest BCUT2D eigenvalue weighted by Gasteiger charge is -2.31. The second-order valence-electron chi connectivity index (χ2n) is 7.76. The number of benzene rings is 3. The van der Waals surface area contributed by atoms with E-state index in [4.69, 9.17) is 9.47 Å². The Morgan fingerprint density at radius 2 is 1.50 bits per heavy atom. The van der Waals surface area contributed by atoms with Crippen LogP contribution in [0.2, 0.25) is 0 Å². The van der Waals surface area contributed by atoms with Crippen LogP contribution in [-0.2, 0) is 20.9 Å². The predicted octanol–water partition coefficient (Wildman–Crippen LogP) is 4.38. The Morgan fingerprint density at radius 3 is 2.15 bits per heavy atom. The molecular formula is C28H32N2O4. The molecule has 3 aromatic rings.